The van der Waals surface area contributed by atoms with Crippen LogP contribution in [-0.4, -0.2) is 133 Å². The number of aliphatic hydroxyl groups excluding tert-OH is 8. The Balaban J connectivity index is 1.72. The Hall–Kier alpha value is -0.520. The number of hydrogen-bond donors (Lipinski definition) is 8. The molecule has 0 radical (unpaired) electrons. The lowest BCUT2D eigenvalue weighted by molar-refractivity contribution is -0.361. The van der Waals surface area contributed by atoms with Gasteiger partial charge in [0.1, 0.15) is 54.9 Å². The van der Waals surface area contributed by atoms with Crippen molar-refractivity contribution < 1.29 is 64.5 Å². The van der Waals surface area contributed by atoms with Crippen LogP contribution in [-0.2, 0) is 23.7 Å². The van der Waals surface area contributed by atoms with Crippen LogP contribution in [0.25, 0.3) is 0 Å². The molecule has 0 unspecified atom stereocenters. The summed E-state index contributed by atoms with van der Waals surface area (Å²) in [5.41, 5.74) is 0. The fourth-order valence-electron chi connectivity index (χ4n) is 3.73. The maximum Gasteiger partial charge on any atom is 0.187 e. The van der Waals surface area contributed by atoms with Crippen LogP contribution >= 0.6 is 0 Å². The molecule has 3 saturated heterocycles. The molecule has 3 heterocycles. The van der Waals surface area contributed by atoms with Crippen molar-refractivity contribution in [3.8, 4) is 0 Å². The quantitative estimate of drug-likeness (QED) is 0.201. The summed E-state index contributed by atoms with van der Waals surface area (Å²) < 4.78 is 26.6. The number of ether oxygens (including phenoxy) is 5. The Morgan fingerprint density at radius 1 is 0.600 bits per heavy atom. The van der Waals surface area contributed by atoms with E-state index in [2.05, 4.69) is 0 Å². The summed E-state index contributed by atoms with van der Waals surface area (Å²) in [4.78, 5) is 0. The highest BCUT2D eigenvalue weighted by atomic mass is 16.7. The molecule has 3 aliphatic rings. The highest BCUT2D eigenvalue weighted by Crippen LogP contribution is 2.32. The molecular formula is C17H30O13. The predicted octanol–water partition coefficient (Wildman–Crippen LogP) is -4.88. The first-order chi connectivity index (χ1) is 14.1. The van der Waals surface area contributed by atoms with E-state index in [0.29, 0.717) is 0 Å². The lowest BCUT2D eigenvalue weighted by atomic mass is 9.97. The first-order valence-corrected chi connectivity index (χ1v) is 9.71. The third-order valence-electron chi connectivity index (χ3n) is 5.66. The van der Waals surface area contributed by atoms with Crippen molar-refractivity contribution in [1.29, 1.82) is 0 Å². The molecule has 13 nitrogen and oxygen atoms in total. The smallest absolute Gasteiger partial charge is 0.187 e. The van der Waals surface area contributed by atoms with Gasteiger partial charge in [-0.3, -0.25) is 0 Å². The second kappa shape index (κ2) is 9.54. The fourth-order valence-corrected chi connectivity index (χ4v) is 3.73. The summed E-state index contributed by atoms with van der Waals surface area (Å²) in [6.07, 6.45) is -19.4. The standard InChI is InChI=1S/C17H30O13/c1-4-7(19)13(11(23)15(25)26-4)29-17-12(24)14(8(20)5(2)27-17)30-16-10(22)9(21)6(3-18)28-16/h4-25H,3H2,1-2H3/t4-,5-,6+,7-,8-,9+,10+,11+,12+,13+,14+,15-,16-,17-/m0/s1. The van der Waals surface area contributed by atoms with E-state index in [9.17, 15) is 40.9 Å². The summed E-state index contributed by atoms with van der Waals surface area (Å²) in [7, 11) is 0. The van der Waals surface area contributed by atoms with Gasteiger partial charge < -0.3 is 64.5 Å². The largest absolute Gasteiger partial charge is 0.394 e. The van der Waals surface area contributed by atoms with Crippen molar-refractivity contribution in [2.45, 2.75) is 99.9 Å². The van der Waals surface area contributed by atoms with Gasteiger partial charge in [-0.1, -0.05) is 0 Å². The number of aliphatic hydroxyl groups is 8. The molecular weight excluding hydrogens is 412 g/mol. The zero-order chi connectivity index (χ0) is 22.3. The second-order valence-corrected chi connectivity index (χ2v) is 7.81. The zero-order valence-corrected chi connectivity index (χ0v) is 16.4. The Bertz CT molecular complexity index is 552. The highest BCUT2D eigenvalue weighted by Gasteiger charge is 2.52. The molecule has 176 valence electrons. The molecule has 0 aromatic heterocycles. The van der Waals surface area contributed by atoms with Crippen molar-refractivity contribution in [3.63, 3.8) is 0 Å². The van der Waals surface area contributed by atoms with Crippen LogP contribution in [0.1, 0.15) is 13.8 Å². The normalized spacial score (nSPS) is 55.0. The molecule has 14 atom stereocenters. The molecule has 0 bridgehead atoms. The third kappa shape index (κ3) is 4.49. The minimum Gasteiger partial charge on any atom is -0.394 e. The zero-order valence-electron chi connectivity index (χ0n) is 16.4. The van der Waals surface area contributed by atoms with Crippen molar-refractivity contribution in [3.05, 3.63) is 0 Å². The average molecular weight is 442 g/mol. The predicted molar refractivity (Wildman–Crippen MR) is 92.4 cm³/mol. The van der Waals surface area contributed by atoms with E-state index in [-0.39, 0.29) is 0 Å². The molecule has 30 heavy (non-hydrogen) atoms. The molecule has 0 amide bonds. The molecule has 3 rings (SSSR count). The van der Waals surface area contributed by atoms with Gasteiger partial charge in [0.15, 0.2) is 18.9 Å². The first-order valence-electron chi connectivity index (χ1n) is 9.71. The molecule has 8 N–H and O–H groups in total. The summed E-state index contributed by atoms with van der Waals surface area (Å²) in [6, 6.07) is 0. The van der Waals surface area contributed by atoms with Gasteiger partial charge in [0.05, 0.1) is 18.8 Å². The molecule has 3 fully saturated rings. The van der Waals surface area contributed by atoms with E-state index in [1.165, 1.54) is 13.8 Å². The monoisotopic (exact) mass is 442 g/mol. The van der Waals surface area contributed by atoms with Gasteiger partial charge in [0.2, 0.25) is 0 Å². The summed E-state index contributed by atoms with van der Waals surface area (Å²) in [5, 5.41) is 80.2. The van der Waals surface area contributed by atoms with Gasteiger partial charge in [0, 0.05) is 0 Å². The van der Waals surface area contributed by atoms with Gasteiger partial charge in [-0.2, -0.15) is 0 Å². The Morgan fingerprint density at radius 3 is 1.63 bits per heavy atom. The molecule has 13 heteroatoms. The van der Waals surface area contributed by atoms with Gasteiger partial charge >= 0.3 is 0 Å². The van der Waals surface area contributed by atoms with Crippen LogP contribution in [0.3, 0.4) is 0 Å². The van der Waals surface area contributed by atoms with Gasteiger partial charge in [-0.15, -0.1) is 0 Å². The van der Waals surface area contributed by atoms with E-state index in [1.54, 1.807) is 0 Å². The van der Waals surface area contributed by atoms with Crippen LogP contribution in [0.2, 0.25) is 0 Å². The molecule has 0 aliphatic carbocycles. The minimum absolute atomic E-state index is 0.584. The maximum atomic E-state index is 10.6. The highest BCUT2D eigenvalue weighted by molar-refractivity contribution is 4.94. The van der Waals surface area contributed by atoms with E-state index in [0.717, 1.165) is 0 Å². The lowest BCUT2D eigenvalue weighted by Gasteiger charge is -2.46. The van der Waals surface area contributed by atoms with Crippen LogP contribution in [0.4, 0.5) is 0 Å². The van der Waals surface area contributed by atoms with Gasteiger partial charge in [-0.25, -0.2) is 0 Å². The van der Waals surface area contributed by atoms with Gasteiger partial charge in [-0.05, 0) is 13.8 Å². The molecule has 0 aromatic rings. The van der Waals surface area contributed by atoms with Gasteiger partial charge in [0.25, 0.3) is 0 Å². The summed E-state index contributed by atoms with van der Waals surface area (Å²) >= 11 is 0. The molecule has 0 saturated carbocycles. The average Bonchev–Trinajstić information content (AvgIpc) is 2.98. The van der Waals surface area contributed by atoms with Crippen molar-refractivity contribution >= 4 is 0 Å². The summed E-state index contributed by atoms with van der Waals surface area (Å²) in [5.74, 6) is 0. The van der Waals surface area contributed by atoms with E-state index in [1.807, 2.05) is 0 Å². The molecule has 3 aliphatic heterocycles. The van der Waals surface area contributed by atoms with E-state index < -0.39 is 92.6 Å². The van der Waals surface area contributed by atoms with Crippen molar-refractivity contribution in [1.82, 2.24) is 0 Å². The topological polar surface area (TPSA) is 208 Å². The van der Waals surface area contributed by atoms with E-state index >= 15 is 0 Å². The lowest BCUT2D eigenvalue weighted by Crippen LogP contribution is -2.64. The Labute approximate surface area is 171 Å². The van der Waals surface area contributed by atoms with Crippen LogP contribution in [0, 0.1) is 0 Å². The fraction of sp³-hybridized carbons (Fsp3) is 1.00. The van der Waals surface area contributed by atoms with Crippen molar-refractivity contribution in [2.24, 2.45) is 0 Å². The molecule has 0 spiro atoms. The second-order valence-electron chi connectivity index (χ2n) is 7.81. The molecule has 0 aromatic carbocycles. The van der Waals surface area contributed by atoms with Crippen molar-refractivity contribution in [2.75, 3.05) is 6.61 Å². The minimum atomic E-state index is -1.67. The Kier molecular flexibility index (Phi) is 7.67. The Morgan fingerprint density at radius 2 is 1.10 bits per heavy atom. The van der Waals surface area contributed by atoms with Crippen LogP contribution in [0.5, 0.6) is 0 Å². The SMILES string of the molecule is C[C@@H]1O[C@H](O)[C@H](O)[C@H](O[C@@H]2O[C@@H](C)[C@H](O)[C@@H](O[C@@H]3O[C@H](CO)[C@@H](O)[C@H]3O)[C@H]2O)[C@H]1O. The first kappa shape index (κ1) is 24.1. The number of rotatable bonds is 5. The summed E-state index contributed by atoms with van der Waals surface area (Å²) in [6.45, 7) is 2.32. The van der Waals surface area contributed by atoms with Crippen LogP contribution < -0.4 is 0 Å². The van der Waals surface area contributed by atoms with Crippen LogP contribution in [0.15, 0.2) is 0 Å². The third-order valence-corrected chi connectivity index (χ3v) is 5.66. The number of hydrogen-bond acceptors (Lipinski definition) is 13. The maximum absolute atomic E-state index is 10.6. The van der Waals surface area contributed by atoms with E-state index in [4.69, 9.17) is 23.7 Å².